The van der Waals surface area contributed by atoms with E-state index < -0.39 is 0 Å². The van der Waals surface area contributed by atoms with Crippen molar-refractivity contribution in [2.75, 3.05) is 6.54 Å². The predicted molar refractivity (Wildman–Crippen MR) is 115 cm³/mol. The highest BCUT2D eigenvalue weighted by atomic mass is 16.2. The van der Waals surface area contributed by atoms with E-state index in [9.17, 15) is 4.79 Å². The number of likely N-dealkylation sites (tertiary alicyclic amines) is 1. The Kier molecular flexibility index (Phi) is 4.60. The van der Waals surface area contributed by atoms with Crippen LogP contribution in [-0.4, -0.2) is 26.9 Å². The molecule has 1 atom stereocenters. The van der Waals surface area contributed by atoms with E-state index in [1.807, 2.05) is 59.8 Å². The largest absolute Gasteiger partial charge is 0.334 e. The summed E-state index contributed by atoms with van der Waals surface area (Å²) in [6, 6.07) is 25.0. The molecule has 4 aromatic rings. The summed E-state index contributed by atoms with van der Waals surface area (Å²) in [6.07, 6.45) is 5.66. The van der Waals surface area contributed by atoms with Gasteiger partial charge in [0.05, 0.1) is 6.04 Å². The molecule has 0 N–H and O–H groups in total. The first-order valence-electron chi connectivity index (χ1n) is 10.1. The second-order valence-electron chi connectivity index (χ2n) is 7.57. The Morgan fingerprint density at radius 1 is 0.966 bits per heavy atom. The monoisotopic (exact) mass is 381 g/mol. The van der Waals surface area contributed by atoms with Crippen molar-refractivity contribution in [2.45, 2.75) is 25.4 Å². The van der Waals surface area contributed by atoms with Crippen molar-refractivity contribution in [1.29, 1.82) is 0 Å². The lowest BCUT2D eigenvalue weighted by Gasteiger charge is -2.26. The molecule has 29 heavy (non-hydrogen) atoms. The fourth-order valence-corrected chi connectivity index (χ4v) is 4.45. The van der Waals surface area contributed by atoms with E-state index in [4.69, 9.17) is 0 Å². The quantitative estimate of drug-likeness (QED) is 0.495. The maximum atomic E-state index is 13.4. The van der Waals surface area contributed by atoms with E-state index in [0.717, 1.165) is 41.5 Å². The summed E-state index contributed by atoms with van der Waals surface area (Å²) in [5.41, 5.74) is 4.48. The number of hydrogen-bond donors (Lipinski definition) is 0. The second kappa shape index (κ2) is 7.55. The number of rotatable bonds is 4. The number of carbonyl (C=O) groups excluding carboxylic acids is 1. The topological polar surface area (TPSA) is 38.1 Å². The zero-order valence-corrected chi connectivity index (χ0v) is 16.2. The summed E-state index contributed by atoms with van der Waals surface area (Å²) in [7, 11) is 0. The molecule has 0 bridgehead atoms. The number of benzene rings is 2. The molecular formula is C25H23N3O. The van der Waals surface area contributed by atoms with Gasteiger partial charge in [0.2, 0.25) is 5.91 Å². The Labute approximate surface area is 170 Å². The molecule has 1 unspecified atom stereocenters. The van der Waals surface area contributed by atoms with Gasteiger partial charge < -0.3 is 9.47 Å². The maximum absolute atomic E-state index is 13.4. The van der Waals surface area contributed by atoms with Crippen molar-refractivity contribution in [2.24, 2.45) is 0 Å². The first-order valence-corrected chi connectivity index (χ1v) is 10.1. The summed E-state index contributed by atoms with van der Waals surface area (Å²) in [4.78, 5) is 19.6. The summed E-state index contributed by atoms with van der Waals surface area (Å²) in [5.74, 6) is 0.169. The Balaban J connectivity index is 1.51. The third-order valence-corrected chi connectivity index (χ3v) is 5.84. The molecule has 0 spiro atoms. The Morgan fingerprint density at radius 2 is 1.72 bits per heavy atom. The molecule has 1 aliphatic rings. The van der Waals surface area contributed by atoms with Gasteiger partial charge in [-0.3, -0.25) is 9.78 Å². The van der Waals surface area contributed by atoms with Crippen LogP contribution in [0.15, 0.2) is 85.2 Å². The van der Waals surface area contributed by atoms with Gasteiger partial charge in [0.1, 0.15) is 6.54 Å². The van der Waals surface area contributed by atoms with Gasteiger partial charge in [-0.2, -0.15) is 0 Å². The average molecular weight is 381 g/mol. The number of para-hydroxylation sites is 1. The molecule has 0 aliphatic carbocycles. The van der Waals surface area contributed by atoms with Crippen molar-refractivity contribution in [3.05, 3.63) is 90.8 Å². The summed E-state index contributed by atoms with van der Waals surface area (Å²) in [5, 5.41) is 1.16. The first kappa shape index (κ1) is 17.7. The van der Waals surface area contributed by atoms with Crippen LogP contribution in [0.5, 0.6) is 0 Å². The molecule has 3 heterocycles. The summed E-state index contributed by atoms with van der Waals surface area (Å²) >= 11 is 0. The second-order valence-corrected chi connectivity index (χ2v) is 7.57. The van der Waals surface area contributed by atoms with Crippen molar-refractivity contribution < 1.29 is 4.79 Å². The highest BCUT2D eigenvalue weighted by Crippen LogP contribution is 2.33. The molecule has 5 rings (SSSR count). The number of fused-ring (bicyclic) bond motifs is 1. The summed E-state index contributed by atoms with van der Waals surface area (Å²) in [6.45, 7) is 1.16. The van der Waals surface area contributed by atoms with Gasteiger partial charge in [0.25, 0.3) is 0 Å². The summed E-state index contributed by atoms with van der Waals surface area (Å²) < 4.78 is 2.16. The fourth-order valence-electron chi connectivity index (χ4n) is 4.45. The van der Waals surface area contributed by atoms with Crippen molar-refractivity contribution in [3.8, 4) is 11.3 Å². The van der Waals surface area contributed by atoms with Crippen molar-refractivity contribution in [3.63, 3.8) is 0 Å². The lowest BCUT2D eigenvalue weighted by atomic mass is 10.1. The molecule has 1 fully saturated rings. The Morgan fingerprint density at radius 3 is 2.55 bits per heavy atom. The molecule has 4 nitrogen and oxygen atoms in total. The SMILES string of the molecule is O=C(Cn1c(-c2ccccc2)cc2ccccc21)N1CCCC1c1ccncc1. The van der Waals surface area contributed by atoms with Gasteiger partial charge in [-0.15, -0.1) is 0 Å². The first-order chi connectivity index (χ1) is 14.3. The van der Waals surface area contributed by atoms with Gasteiger partial charge in [0, 0.05) is 35.5 Å². The van der Waals surface area contributed by atoms with Crippen LogP contribution in [0, 0.1) is 0 Å². The minimum atomic E-state index is 0.146. The van der Waals surface area contributed by atoms with Crippen LogP contribution < -0.4 is 0 Å². The highest BCUT2D eigenvalue weighted by Gasteiger charge is 2.30. The van der Waals surface area contributed by atoms with Crippen LogP contribution >= 0.6 is 0 Å². The number of pyridine rings is 1. The number of hydrogen-bond acceptors (Lipinski definition) is 2. The third-order valence-electron chi connectivity index (χ3n) is 5.84. The minimum Gasteiger partial charge on any atom is -0.334 e. The number of aromatic nitrogens is 2. The van der Waals surface area contributed by atoms with E-state index in [1.54, 1.807) is 0 Å². The van der Waals surface area contributed by atoms with Crippen LogP contribution in [0.1, 0.15) is 24.4 Å². The molecule has 1 saturated heterocycles. The molecule has 1 aliphatic heterocycles. The van der Waals surface area contributed by atoms with Gasteiger partial charge in [-0.05, 0) is 48.2 Å². The predicted octanol–water partition coefficient (Wildman–Crippen LogP) is 5.07. The lowest BCUT2D eigenvalue weighted by molar-refractivity contribution is -0.132. The van der Waals surface area contributed by atoms with Crippen LogP contribution in [0.25, 0.3) is 22.2 Å². The maximum Gasteiger partial charge on any atom is 0.243 e. The number of amides is 1. The van der Waals surface area contributed by atoms with Crippen LogP contribution in [-0.2, 0) is 11.3 Å². The van der Waals surface area contributed by atoms with Gasteiger partial charge in [-0.1, -0.05) is 48.5 Å². The van der Waals surface area contributed by atoms with Crippen molar-refractivity contribution >= 4 is 16.8 Å². The van der Waals surface area contributed by atoms with Gasteiger partial charge in [-0.25, -0.2) is 0 Å². The fraction of sp³-hybridized carbons (Fsp3) is 0.200. The number of carbonyl (C=O) groups is 1. The molecule has 2 aromatic carbocycles. The lowest BCUT2D eigenvalue weighted by Crippen LogP contribution is -2.33. The number of nitrogens with zero attached hydrogens (tertiary/aromatic N) is 3. The Hall–Kier alpha value is -3.40. The normalized spacial score (nSPS) is 16.4. The molecule has 4 heteroatoms. The van der Waals surface area contributed by atoms with E-state index in [1.165, 1.54) is 5.56 Å². The Bertz CT molecular complexity index is 1130. The molecule has 144 valence electrons. The van der Waals surface area contributed by atoms with Crippen molar-refractivity contribution in [1.82, 2.24) is 14.5 Å². The minimum absolute atomic E-state index is 0.146. The van der Waals surface area contributed by atoms with Crippen LogP contribution in [0.4, 0.5) is 0 Å². The molecular weight excluding hydrogens is 358 g/mol. The molecule has 0 saturated carbocycles. The smallest absolute Gasteiger partial charge is 0.243 e. The third kappa shape index (κ3) is 3.31. The van der Waals surface area contributed by atoms with Crippen LogP contribution in [0.3, 0.4) is 0 Å². The highest BCUT2D eigenvalue weighted by molar-refractivity contribution is 5.89. The van der Waals surface area contributed by atoms with Gasteiger partial charge >= 0.3 is 0 Å². The molecule has 2 aromatic heterocycles. The van der Waals surface area contributed by atoms with E-state index in [-0.39, 0.29) is 11.9 Å². The molecule has 0 radical (unpaired) electrons. The van der Waals surface area contributed by atoms with E-state index in [0.29, 0.717) is 6.54 Å². The average Bonchev–Trinajstić information content (AvgIpc) is 3.41. The van der Waals surface area contributed by atoms with E-state index in [2.05, 4.69) is 39.9 Å². The zero-order valence-electron chi connectivity index (χ0n) is 16.2. The standard InChI is InChI=1S/C25H23N3O/c29-25(27-16-6-11-22(27)20-12-14-26-15-13-20)18-28-23-10-5-4-9-21(23)17-24(28)19-7-2-1-3-8-19/h1-5,7-10,12-15,17,22H,6,11,16,18H2. The van der Waals surface area contributed by atoms with Crippen LogP contribution in [0.2, 0.25) is 0 Å². The van der Waals surface area contributed by atoms with Gasteiger partial charge in [0.15, 0.2) is 0 Å². The zero-order chi connectivity index (χ0) is 19.6. The van der Waals surface area contributed by atoms with E-state index >= 15 is 0 Å². The molecule has 1 amide bonds.